The summed E-state index contributed by atoms with van der Waals surface area (Å²) in [6.07, 6.45) is 0. The second kappa shape index (κ2) is 2.43. The van der Waals surface area contributed by atoms with Gasteiger partial charge < -0.3 is 5.73 Å². The Hall–Kier alpha value is -1.45. The van der Waals surface area contributed by atoms with E-state index in [1.54, 1.807) is 13.0 Å². The summed E-state index contributed by atoms with van der Waals surface area (Å²) in [5.74, 6) is 0.173. The van der Waals surface area contributed by atoms with E-state index in [4.69, 9.17) is 5.73 Å². The molecule has 1 heterocycles. The molecule has 0 bridgehead atoms. The van der Waals surface area contributed by atoms with Gasteiger partial charge in [0, 0.05) is 0 Å². The molecule has 0 unspecified atom stereocenters. The molecule has 0 aromatic carbocycles. The van der Waals surface area contributed by atoms with Gasteiger partial charge in [-0.05, 0) is 24.2 Å². The molecule has 4 heteroatoms. The molecule has 0 amide bonds. The van der Waals surface area contributed by atoms with Gasteiger partial charge in [-0.2, -0.15) is 0 Å². The summed E-state index contributed by atoms with van der Waals surface area (Å²) in [7, 11) is 0. The summed E-state index contributed by atoms with van der Waals surface area (Å²) >= 11 is 0. The molecule has 0 saturated carbocycles. The fourth-order valence-electron chi connectivity index (χ4n) is 0.609. The minimum absolute atomic E-state index is 0.173. The molecular formula is C6H7N3O. The maximum Gasteiger partial charge on any atom is 0.196 e. The van der Waals surface area contributed by atoms with E-state index in [0.29, 0.717) is 11.4 Å². The molecule has 0 aliphatic rings. The molecule has 2 N–H and O–H groups in total. The lowest BCUT2D eigenvalue weighted by Gasteiger charge is -1.95. The Morgan fingerprint density at radius 1 is 1.60 bits per heavy atom. The van der Waals surface area contributed by atoms with Gasteiger partial charge in [0.05, 0.1) is 11.4 Å². The van der Waals surface area contributed by atoms with E-state index < -0.39 is 0 Å². The number of anilines is 1. The maximum absolute atomic E-state index is 9.92. The standard InChI is InChI=1S/C6H7N3O/c1-4-5(7)2-3-6(8-4)9-10/h2-3H,7H2,1H3. The van der Waals surface area contributed by atoms with Crippen LogP contribution < -0.4 is 5.73 Å². The summed E-state index contributed by atoms with van der Waals surface area (Å²) in [5, 5.41) is 2.66. The van der Waals surface area contributed by atoms with Crippen molar-refractivity contribution in [3.05, 3.63) is 22.7 Å². The van der Waals surface area contributed by atoms with Gasteiger partial charge in [0.1, 0.15) is 0 Å². The highest BCUT2D eigenvalue weighted by Crippen LogP contribution is 2.13. The topological polar surface area (TPSA) is 68.3 Å². The molecular weight excluding hydrogens is 130 g/mol. The number of aryl methyl sites for hydroxylation is 1. The van der Waals surface area contributed by atoms with Crippen molar-refractivity contribution in [1.82, 2.24) is 4.98 Å². The number of nitrogens with two attached hydrogens (primary N) is 1. The lowest BCUT2D eigenvalue weighted by Crippen LogP contribution is -1.90. The van der Waals surface area contributed by atoms with Crippen LogP contribution in [-0.2, 0) is 0 Å². The second-order valence-corrected chi connectivity index (χ2v) is 1.94. The predicted octanol–water partition coefficient (Wildman–Crippen LogP) is 1.37. The van der Waals surface area contributed by atoms with Gasteiger partial charge in [-0.25, -0.2) is 4.98 Å². The first-order valence-electron chi connectivity index (χ1n) is 2.80. The minimum atomic E-state index is 0.173. The van der Waals surface area contributed by atoms with Crippen molar-refractivity contribution in [2.24, 2.45) is 5.18 Å². The zero-order chi connectivity index (χ0) is 7.56. The van der Waals surface area contributed by atoms with Crippen LogP contribution in [0.3, 0.4) is 0 Å². The van der Waals surface area contributed by atoms with Crippen molar-refractivity contribution >= 4 is 11.5 Å². The minimum Gasteiger partial charge on any atom is -0.397 e. The number of hydrogen-bond donors (Lipinski definition) is 1. The summed E-state index contributed by atoms with van der Waals surface area (Å²) in [5.41, 5.74) is 6.65. The van der Waals surface area contributed by atoms with Crippen LogP contribution in [0.15, 0.2) is 17.3 Å². The molecule has 1 rings (SSSR count). The first-order chi connectivity index (χ1) is 4.74. The number of rotatable bonds is 1. The van der Waals surface area contributed by atoms with Gasteiger partial charge in [-0.15, -0.1) is 4.91 Å². The van der Waals surface area contributed by atoms with Crippen LogP contribution in [0.2, 0.25) is 0 Å². The molecule has 4 nitrogen and oxygen atoms in total. The molecule has 0 aliphatic carbocycles. The highest BCUT2D eigenvalue weighted by Gasteiger charge is 1.95. The van der Waals surface area contributed by atoms with E-state index >= 15 is 0 Å². The van der Waals surface area contributed by atoms with Crippen LogP contribution in [-0.4, -0.2) is 4.98 Å². The largest absolute Gasteiger partial charge is 0.397 e. The molecule has 0 radical (unpaired) electrons. The normalized spacial score (nSPS) is 9.30. The predicted molar refractivity (Wildman–Crippen MR) is 38.8 cm³/mol. The van der Waals surface area contributed by atoms with Crippen molar-refractivity contribution in [3.63, 3.8) is 0 Å². The van der Waals surface area contributed by atoms with Crippen LogP contribution >= 0.6 is 0 Å². The van der Waals surface area contributed by atoms with Crippen molar-refractivity contribution in [1.29, 1.82) is 0 Å². The lowest BCUT2D eigenvalue weighted by atomic mass is 10.3. The molecule has 52 valence electrons. The third-order valence-electron chi connectivity index (χ3n) is 1.21. The average molecular weight is 137 g/mol. The molecule has 0 fully saturated rings. The van der Waals surface area contributed by atoms with Crippen LogP contribution in [0, 0.1) is 11.8 Å². The van der Waals surface area contributed by atoms with Crippen LogP contribution in [0.25, 0.3) is 0 Å². The van der Waals surface area contributed by atoms with Crippen LogP contribution in [0.4, 0.5) is 11.5 Å². The van der Waals surface area contributed by atoms with Crippen molar-refractivity contribution in [3.8, 4) is 0 Å². The zero-order valence-corrected chi connectivity index (χ0v) is 5.53. The lowest BCUT2D eigenvalue weighted by molar-refractivity contribution is 1.18. The first-order valence-corrected chi connectivity index (χ1v) is 2.80. The zero-order valence-electron chi connectivity index (χ0n) is 5.53. The SMILES string of the molecule is Cc1nc(N=O)ccc1N. The van der Waals surface area contributed by atoms with Gasteiger partial charge in [0.25, 0.3) is 0 Å². The van der Waals surface area contributed by atoms with Gasteiger partial charge in [0.15, 0.2) is 5.82 Å². The van der Waals surface area contributed by atoms with Gasteiger partial charge in [-0.3, -0.25) is 0 Å². The summed E-state index contributed by atoms with van der Waals surface area (Å²) in [6.45, 7) is 1.73. The van der Waals surface area contributed by atoms with E-state index in [9.17, 15) is 4.91 Å². The number of aromatic nitrogens is 1. The van der Waals surface area contributed by atoms with Crippen LogP contribution in [0.1, 0.15) is 5.69 Å². The second-order valence-electron chi connectivity index (χ2n) is 1.94. The molecule has 0 aliphatic heterocycles. The number of nitrogens with zero attached hydrogens (tertiary/aromatic N) is 2. The fourth-order valence-corrected chi connectivity index (χ4v) is 0.609. The number of pyridine rings is 1. The third-order valence-corrected chi connectivity index (χ3v) is 1.21. The van der Waals surface area contributed by atoms with Crippen LogP contribution in [0.5, 0.6) is 0 Å². The molecule has 1 aromatic heterocycles. The van der Waals surface area contributed by atoms with E-state index in [0.717, 1.165) is 0 Å². The van der Waals surface area contributed by atoms with Gasteiger partial charge >= 0.3 is 0 Å². The van der Waals surface area contributed by atoms with E-state index in [2.05, 4.69) is 10.2 Å². The highest BCUT2D eigenvalue weighted by atomic mass is 16.3. The molecule has 1 aromatic rings. The number of nitroso groups, excluding NO2 is 1. The van der Waals surface area contributed by atoms with Gasteiger partial charge in [-0.1, -0.05) is 0 Å². The molecule has 0 spiro atoms. The maximum atomic E-state index is 9.92. The Morgan fingerprint density at radius 3 is 2.80 bits per heavy atom. The molecule has 0 saturated heterocycles. The third kappa shape index (κ3) is 1.10. The van der Waals surface area contributed by atoms with Gasteiger partial charge in [0.2, 0.25) is 0 Å². The Balaban J connectivity index is 3.16. The smallest absolute Gasteiger partial charge is 0.196 e. The molecule has 0 atom stereocenters. The average Bonchev–Trinajstić information content (AvgIpc) is 1.95. The Bertz CT molecular complexity index is 259. The summed E-state index contributed by atoms with van der Waals surface area (Å²) in [6, 6.07) is 3.09. The highest BCUT2D eigenvalue weighted by molar-refractivity contribution is 5.46. The number of hydrogen-bond acceptors (Lipinski definition) is 4. The van der Waals surface area contributed by atoms with Crippen molar-refractivity contribution in [2.45, 2.75) is 6.92 Å². The fraction of sp³-hybridized carbons (Fsp3) is 0.167. The Labute approximate surface area is 58.1 Å². The van der Waals surface area contributed by atoms with E-state index in [1.807, 2.05) is 0 Å². The molecule has 10 heavy (non-hydrogen) atoms. The Kier molecular flexibility index (Phi) is 1.62. The van der Waals surface area contributed by atoms with Crippen molar-refractivity contribution in [2.75, 3.05) is 5.73 Å². The van der Waals surface area contributed by atoms with E-state index in [-0.39, 0.29) is 5.82 Å². The summed E-state index contributed by atoms with van der Waals surface area (Å²) < 4.78 is 0. The summed E-state index contributed by atoms with van der Waals surface area (Å²) in [4.78, 5) is 13.7. The Morgan fingerprint density at radius 2 is 2.30 bits per heavy atom. The van der Waals surface area contributed by atoms with E-state index in [1.165, 1.54) is 6.07 Å². The van der Waals surface area contributed by atoms with Crippen molar-refractivity contribution < 1.29 is 0 Å². The quantitative estimate of drug-likeness (QED) is 0.594. The monoisotopic (exact) mass is 137 g/mol. The first kappa shape index (κ1) is 6.67. The number of nitrogen functional groups attached to an aromatic ring is 1.